The summed E-state index contributed by atoms with van der Waals surface area (Å²) in [6.07, 6.45) is -5.02. The fraction of sp³-hybridized carbons (Fsp3) is 0.176. The normalized spacial score (nSPS) is 15.0. The quantitative estimate of drug-likeness (QED) is 0.403. The molecular formula is C17H7F8NO4. The van der Waals surface area contributed by atoms with Crippen molar-refractivity contribution in [2.75, 3.05) is 5.06 Å². The highest BCUT2D eigenvalue weighted by Crippen LogP contribution is 2.44. The molecule has 30 heavy (non-hydrogen) atoms. The van der Waals surface area contributed by atoms with Gasteiger partial charge in [-0.3, -0.25) is 4.79 Å². The molecule has 1 heterocycles. The first kappa shape index (κ1) is 21.3. The van der Waals surface area contributed by atoms with Crippen LogP contribution in [0, 0.1) is 34.9 Å². The van der Waals surface area contributed by atoms with Gasteiger partial charge in [-0.1, -0.05) is 6.92 Å². The summed E-state index contributed by atoms with van der Waals surface area (Å²) in [6, 6.07) is 0.370. The number of alkyl halides is 2. The van der Waals surface area contributed by atoms with Gasteiger partial charge in [0.15, 0.2) is 29.0 Å². The molecule has 0 N–H and O–H groups in total. The first-order chi connectivity index (χ1) is 13.9. The number of rotatable bonds is 3. The number of nitrogens with zero attached hydrogens (tertiary/aromatic N) is 1. The zero-order valence-electron chi connectivity index (χ0n) is 14.5. The van der Waals surface area contributed by atoms with Gasteiger partial charge in [0.05, 0.1) is 5.56 Å². The van der Waals surface area contributed by atoms with Crippen molar-refractivity contribution < 1.29 is 54.3 Å². The second kappa shape index (κ2) is 7.15. The molecule has 0 fully saturated rings. The molecule has 5 nitrogen and oxygen atoms in total. The van der Waals surface area contributed by atoms with E-state index in [1.807, 2.05) is 0 Å². The lowest BCUT2D eigenvalue weighted by molar-refractivity contribution is -0.201. The Labute approximate surface area is 161 Å². The van der Waals surface area contributed by atoms with Gasteiger partial charge >= 0.3 is 18.0 Å². The lowest BCUT2D eigenvalue weighted by atomic mass is 10.0. The minimum absolute atomic E-state index is 0.107. The van der Waals surface area contributed by atoms with Crippen LogP contribution in [0.4, 0.5) is 40.8 Å². The van der Waals surface area contributed by atoms with E-state index < -0.39 is 81.9 Å². The predicted octanol–water partition coefficient (Wildman–Crippen LogP) is 4.37. The fourth-order valence-corrected chi connectivity index (χ4v) is 2.48. The molecule has 1 aliphatic heterocycles. The molecule has 160 valence electrons. The highest BCUT2D eigenvalue weighted by molar-refractivity contribution is 6.01. The molecule has 2 aromatic rings. The molecule has 0 unspecified atom stereocenters. The Morgan fingerprint density at radius 1 is 1.00 bits per heavy atom. The number of hydrogen-bond acceptors (Lipinski definition) is 4. The molecule has 0 radical (unpaired) electrons. The summed E-state index contributed by atoms with van der Waals surface area (Å²) in [4.78, 5) is 27.7. The van der Waals surface area contributed by atoms with Gasteiger partial charge in [-0.15, -0.1) is 5.06 Å². The van der Waals surface area contributed by atoms with Crippen LogP contribution in [0.25, 0.3) is 11.1 Å². The number of carbonyl (C=O) groups is 2. The Kier molecular flexibility index (Phi) is 5.08. The molecule has 0 bridgehead atoms. The zero-order valence-corrected chi connectivity index (χ0v) is 14.5. The number of hydrogen-bond donors (Lipinski definition) is 0. The van der Waals surface area contributed by atoms with Gasteiger partial charge in [0, 0.05) is 18.1 Å². The first-order valence-corrected chi connectivity index (χ1v) is 7.88. The minimum atomic E-state index is -4.61. The van der Waals surface area contributed by atoms with E-state index in [1.54, 1.807) is 0 Å². The first-order valence-electron chi connectivity index (χ1n) is 7.88. The number of fused-ring (bicyclic) bond motifs is 1. The number of hydroxylamine groups is 1. The van der Waals surface area contributed by atoms with Crippen molar-refractivity contribution in [3.8, 4) is 16.9 Å². The second-order valence-corrected chi connectivity index (χ2v) is 5.78. The summed E-state index contributed by atoms with van der Waals surface area (Å²) in [5, 5.41) is -0.320. The Bertz CT molecular complexity index is 1060. The molecule has 3 rings (SSSR count). The molecule has 2 aromatic carbocycles. The Morgan fingerprint density at radius 2 is 1.53 bits per heavy atom. The minimum Gasteiger partial charge on any atom is -0.423 e. The zero-order chi connectivity index (χ0) is 22.5. The lowest BCUT2D eigenvalue weighted by Crippen LogP contribution is -2.51. The molecule has 1 amide bonds. The molecular weight excluding hydrogens is 434 g/mol. The van der Waals surface area contributed by atoms with Gasteiger partial charge in [-0.25, -0.2) is 31.1 Å². The molecule has 0 spiro atoms. The Morgan fingerprint density at radius 3 is 2.07 bits per heavy atom. The van der Waals surface area contributed by atoms with Gasteiger partial charge in [0.1, 0.15) is 11.5 Å². The number of amides is 1. The van der Waals surface area contributed by atoms with Crippen molar-refractivity contribution >= 4 is 17.6 Å². The van der Waals surface area contributed by atoms with Gasteiger partial charge in [-0.05, 0) is 6.07 Å². The van der Waals surface area contributed by atoms with E-state index in [4.69, 9.17) is 0 Å². The van der Waals surface area contributed by atoms with E-state index in [1.165, 1.54) is 6.92 Å². The monoisotopic (exact) mass is 441 g/mol. The third kappa shape index (κ3) is 3.19. The van der Waals surface area contributed by atoms with Gasteiger partial charge < -0.3 is 9.57 Å². The van der Waals surface area contributed by atoms with Crippen LogP contribution in [0.3, 0.4) is 0 Å². The van der Waals surface area contributed by atoms with E-state index >= 15 is 0 Å². The maximum atomic E-state index is 14.4. The van der Waals surface area contributed by atoms with Crippen LogP contribution in [-0.2, 0) is 14.4 Å². The summed E-state index contributed by atoms with van der Waals surface area (Å²) >= 11 is 0. The number of carbonyl (C=O) groups excluding carboxylic acids is 2. The molecule has 0 aromatic heterocycles. The Hall–Kier alpha value is -3.38. The summed E-state index contributed by atoms with van der Waals surface area (Å²) < 4.78 is 114. The van der Waals surface area contributed by atoms with Crippen LogP contribution in [0.2, 0.25) is 0 Å². The summed E-state index contributed by atoms with van der Waals surface area (Å²) in [6.45, 7) is 1.23. The SMILES string of the molecule is CCC(=O)ON1C(=O)C(F)(F)Oc2cc(F)c(-c3c(F)c(F)c(F)c(F)c3F)cc21. The van der Waals surface area contributed by atoms with Gasteiger partial charge in [0.25, 0.3) is 0 Å². The van der Waals surface area contributed by atoms with Crippen LogP contribution < -0.4 is 9.80 Å². The molecule has 0 saturated carbocycles. The van der Waals surface area contributed by atoms with E-state index in [2.05, 4.69) is 9.57 Å². The van der Waals surface area contributed by atoms with E-state index in [0.717, 1.165) is 0 Å². The van der Waals surface area contributed by atoms with Crippen LogP contribution in [0.1, 0.15) is 13.3 Å². The lowest BCUT2D eigenvalue weighted by Gasteiger charge is -2.32. The molecule has 1 aliphatic rings. The van der Waals surface area contributed by atoms with Crippen molar-refractivity contribution in [1.29, 1.82) is 0 Å². The van der Waals surface area contributed by atoms with Crippen LogP contribution in [0.5, 0.6) is 5.75 Å². The standard InChI is InChI=1S/C17H7F8NO4/c1-2-9(27)30-26-7-3-5(6(18)4-8(7)29-17(24,25)16(26)28)10-11(19)13(21)15(23)14(22)12(10)20/h3-4H,2H2,1H3. The smallest absolute Gasteiger partial charge is 0.423 e. The average molecular weight is 441 g/mol. The molecule has 0 saturated heterocycles. The highest BCUT2D eigenvalue weighted by Gasteiger charge is 2.53. The fourth-order valence-electron chi connectivity index (χ4n) is 2.48. The van der Waals surface area contributed by atoms with Crippen molar-refractivity contribution in [2.24, 2.45) is 0 Å². The predicted molar refractivity (Wildman–Crippen MR) is 81.1 cm³/mol. The Balaban J connectivity index is 2.29. The largest absolute Gasteiger partial charge is 0.486 e. The third-order valence-electron chi connectivity index (χ3n) is 3.90. The summed E-state index contributed by atoms with van der Waals surface area (Å²) in [7, 11) is 0. The summed E-state index contributed by atoms with van der Waals surface area (Å²) in [5.41, 5.74) is -3.98. The number of ether oxygens (including phenoxy) is 1. The van der Waals surface area contributed by atoms with Crippen LogP contribution in [0.15, 0.2) is 12.1 Å². The van der Waals surface area contributed by atoms with Crippen LogP contribution >= 0.6 is 0 Å². The summed E-state index contributed by atoms with van der Waals surface area (Å²) in [5.74, 6) is -18.4. The maximum Gasteiger partial charge on any atom is 0.486 e. The van der Waals surface area contributed by atoms with E-state index in [0.29, 0.717) is 0 Å². The van der Waals surface area contributed by atoms with Gasteiger partial charge in [-0.2, -0.15) is 8.78 Å². The van der Waals surface area contributed by atoms with Crippen molar-refractivity contribution in [3.05, 3.63) is 47.0 Å². The second-order valence-electron chi connectivity index (χ2n) is 5.78. The molecule has 13 heteroatoms. The average Bonchev–Trinajstić information content (AvgIpc) is 2.69. The number of halogens is 8. The van der Waals surface area contributed by atoms with Crippen molar-refractivity contribution in [2.45, 2.75) is 19.5 Å². The topological polar surface area (TPSA) is 55.8 Å². The van der Waals surface area contributed by atoms with Gasteiger partial charge in [0.2, 0.25) is 5.82 Å². The van der Waals surface area contributed by atoms with Crippen molar-refractivity contribution in [3.63, 3.8) is 0 Å². The van der Waals surface area contributed by atoms with Crippen molar-refractivity contribution in [1.82, 2.24) is 0 Å². The third-order valence-corrected chi connectivity index (χ3v) is 3.90. The number of benzene rings is 2. The number of anilines is 1. The molecule has 0 aliphatic carbocycles. The van der Waals surface area contributed by atoms with E-state index in [9.17, 15) is 44.7 Å². The maximum absolute atomic E-state index is 14.4. The van der Waals surface area contributed by atoms with E-state index in [-0.39, 0.29) is 17.2 Å². The highest BCUT2D eigenvalue weighted by atomic mass is 19.3. The molecule has 0 atom stereocenters. The van der Waals surface area contributed by atoms with Crippen LogP contribution in [-0.4, -0.2) is 18.0 Å².